The van der Waals surface area contributed by atoms with Gasteiger partial charge in [0.05, 0.1) is 0 Å². The van der Waals surface area contributed by atoms with Gasteiger partial charge in [-0.05, 0) is 33.6 Å². The van der Waals surface area contributed by atoms with Crippen molar-refractivity contribution in [2.75, 3.05) is 6.54 Å². The first-order valence-corrected chi connectivity index (χ1v) is 5.48. The van der Waals surface area contributed by atoms with Crippen LogP contribution in [0.1, 0.15) is 33.6 Å². The molecule has 1 atom stereocenters. The van der Waals surface area contributed by atoms with Crippen LogP contribution in [0.5, 0.6) is 0 Å². The molecule has 2 rings (SSSR count). The lowest BCUT2D eigenvalue weighted by molar-refractivity contribution is -0.154. The van der Waals surface area contributed by atoms with Gasteiger partial charge in [-0.3, -0.25) is 4.90 Å². The summed E-state index contributed by atoms with van der Waals surface area (Å²) in [7, 11) is 0. The normalized spacial score (nSPS) is 26.2. The SMILES string of the molecule is CC(C)(C)OC(=O)N1CC2(CC2)[C@H]1C(=O)O. The van der Waals surface area contributed by atoms with E-state index in [0.717, 1.165) is 12.8 Å². The van der Waals surface area contributed by atoms with E-state index in [1.54, 1.807) is 20.8 Å². The van der Waals surface area contributed by atoms with E-state index in [-0.39, 0.29) is 5.41 Å². The monoisotopic (exact) mass is 227 g/mol. The van der Waals surface area contributed by atoms with Crippen molar-refractivity contribution in [3.63, 3.8) is 0 Å². The molecule has 1 amide bonds. The molecule has 2 fully saturated rings. The summed E-state index contributed by atoms with van der Waals surface area (Å²) in [6.45, 7) is 5.84. The summed E-state index contributed by atoms with van der Waals surface area (Å²) < 4.78 is 5.17. The van der Waals surface area contributed by atoms with Gasteiger partial charge in [0, 0.05) is 12.0 Å². The molecule has 0 bridgehead atoms. The largest absolute Gasteiger partial charge is 0.480 e. The van der Waals surface area contributed by atoms with Crippen LogP contribution in [0.4, 0.5) is 4.79 Å². The highest BCUT2D eigenvalue weighted by Gasteiger charge is 2.65. The Labute approximate surface area is 94.4 Å². The molecule has 90 valence electrons. The van der Waals surface area contributed by atoms with Gasteiger partial charge in [-0.25, -0.2) is 9.59 Å². The minimum absolute atomic E-state index is 0.136. The molecule has 0 radical (unpaired) electrons. The zero-order chi connectivity index (χ0) is 12.1. The topological polar surface area (TPSA) is 66.8 Å². The Morgan fingerprint density at radius 2 is 1.94 bits per heavy atom. The highest BCUT2D eigenvalue weighted by molar-refractivity contribution is 5.84. The number of likely N-dealkylation sites (tertiary alicyclic amines) is 1. The molecule has 5 nitrogen and oxygen atoms in total. The maximum Gasteiger partial charge on any atom is 0.411 e. The maximum absolute atomic E-state index is 11.7. The van der Waals surface area contributed by atoms with Gasteiger partial charge in [0.25, 0.3) is 0 Å². The number of carboxylic acids is 1. The van der Waals surface area contributed by atoms with Crippen LogP contribution in [0.3, 0.4) is 0 Å². The van der Waals surface area contributed by atoms with Crippen LogP contribution in [0.15, 0.2) is 0 Å². The number of carboxylic acid groups (broad SMARTS) is 1. The molecule has 1 aliphatic heterocycles. The molecule has 5 heteroatoms. The molecule has 0 aromatic carbocycles. The van der Waals surface area contributed by atoms with Crippen molar-refractivity contribution in [2.45, 2.75) is 45.3 Å². The number of ether oxygens (including phenoxy) is 1. The molecule has 0 unspecified atom stereocenters. The Morgan fingerprint density at radius 1 is 1.38 bits per heavy atom. The standard InChI is InChI=1S/C11H17NO4/c1-10(2,3)16-9(15)12-6-11(4-5-11)7(12)8(13)14/h7H,4-6H2,1-3H3,(H,13,14)/t7-/m1/s1. The summed E-state index contributed by atoms with van der Waals surface area (Å²) in [4.78, 5) is 24.1. The van der Waals surface area contributed by atoms with E-state index < -0.39 is 23.7 Å². The molecule has 1 saturated heterocycles. The van der Waals surface area contributed by atoms with Crippen molar-refractivity contribution >= 4 is 12.1 Å². The van der Waals surface area contributed by atoms with E-state index in [0.29, 0.717) is 6.54 Å². The van der Waals surface area contributed by atoms with Gasteiger partial charge in [-0.1, -0.05) is 0 Å². The number of hydrogen-bond donors (Lipinski definition) is 1. The number of nitrogens with zero attached hydrogens (tertiary/aromatic N) is 1. The van der Waals surface area contributed by atoms with Crippen LogP contribution < -0.4 is 0 Å². The fourth-order valence-corrected chi connectivity index (χ4v) is 2.21. The number of hydrogen-bond acceptors (Lipinski definition) is 3. The van der Waals surface area contributed by atoms with Gasteiger partial charge >= 0.3 is 12.1 Å². The highest BCUT2D eigenvalue weighted by atomic mass is 16.6. The second-order valence-corrected chi connectivity index (χ2v) is 5.71. The first kappa shape index (κ1) is 11.2. The molecule has 1 aliphatic carbocycles. The van der Waals surface area contributed by atoms with Crippen LogP contribution in [0.25, 0.3) is 0 Å². The third-order valence-electron chi connectivity index (χ3n) is 3.13. The molecule has 1 N–H and O–H groups in total. The van der Waals surface area contributed by atoms with Crippen molar-refractivity contribution in [1.82, 2.24) is 4.90 Å². The summed E-state index contributed by atoms with van der Waals surface area (Å²) >= 11 is 0. The molecule has 1 heterocycles. The molecular formula is C11H17NO4. The maximum atomic E-state index is 11.7. The van der Waals surface area contributed by atoms with E-state index in [1.807, 2.05) is 0 Å². The van der Waals surface area contributed by atoms with E-state index in [9.17, 15) is 9.59 Å². The zero-order valence-corrected chi connectivity index (χ0v) is 9.82. The summed E-state index contributed by atoms with van der Waals surface area (Å²) in [5.41, 5.74) is -0.713. The molecular weight excluding hydrogens is 210 g/mol. The van der Waals surface area contributed by atoms with Gasteiger partial charge in [0.1, 0.15) is 11.6 Å². The van der Waals surface area contributed by atoms with Crippen LogP contribution in [0.2, 0.25) is 0 Å². The quantitative estimate of drug-likeness (QED) is 0.736. The predicted molar refractivity (Wildman–Crippen MR) is 56.0 cm³/mol. The Kier molecular flexibility index (Phi) is 2.19. The minimum atomic E-state index is -0.922. The van der Waals surface area contributed by atoms with Crippen LogP contribution in [0, 0.1) is 5.41 Å². The van der Waals surface area contributed by atoms with Crippen LogP contribution in [-0.4, -0.2) is 40.3 Å². The predicted octanol–water partition coefficient (Wildman–Crippen LogP) is 1.47. The lowest BCUT2D eigenvalue weighted by atomic mass is 9.85. The number of amides is 1. The Balaban J connectivity index is 2.01. The molecule has 16 heavy (non-hydrogen) atoms. The van der Waals surface area contributed by atoms with Crippen molar-refractivity contribution in [2.24, 2.45) is 5.41 Å². The van der Waals surface area contributed by atoms with Gasteiger partial charge in [-0.2, -0.15) is 0 Å². The molecule has 1 saturated carbocycles. The van der Waals surface area contributed by atoms with E-state index in [2.05, 4.69) is 0 Å². The van der Waals surface area contributed by atoms with E-state index in [4.69, 9.17) is 9.84 Å². The number of carbonyl (C=O) groups is 2. The summed E-state index contributed by atoms with van der Waals surface area (Å²) in [6.07, 6.45) is 1.30. The second kappa shape index (κ2) is 3.12. The third-order valence-corrected chi connectivity index (χ3v) is 3.13. The second-order valence-electron chi connectivity index (χ2n) is 5.71. The lowest BCUT2D eigenvalue weighted by Crippen LogP contribution is -2.64. The van der Waals surface area contributed by atoms with Crippen LogP contribution >= 0.6 is 0 Å². The van der Waals surface area contributed by atoms with Crippen molar-refractivity contribution in [3.05, 3.63) is 0 Å². The average molecular weight is 227 g/mol. The van der Waals surface area contributed by atoms with Crippen LogP contribution in [-0.2, 0) is 9.53 Å². The number of rotatable bonds is 1. The Morgan fingerprint density at radius 3 is 2.31 bits per heavy atom. The van der Waals surface area contributed by atoms with Crippen molar-refractivity contribution in [3.8, 4) is 0 Å². The van der Waals surface area contributed by atoms with Gasteiger partial charge in [0.15, 0.2) is 0 Å². The molecule has 1 spiro atoms. The summed E-state index contributed by atoms with van der Waals surface area (Å²) in [6, 6.07) is -0.678. The Hall–Kier alpha value is -1.26. The molecule has 0 aromatic heterocycles. The summed E-state index contributed by atoms with van der Waals surface area (Å²) in [5.74, 6) is -0.922. The van der Waals surface area contributed by atoms with Gasteiger partial charge in [-0.15, -0.1) is 0 Å². The fourth-order valence-electron chi connectivity index (χ4n) is 2.21. The number of carbonyl (C=O) groups excluding carboxylic acids is 1. The third kappa shape index (κ3) is 1.74. The fraction of sp³-hybridized carbons (Fsp3) is 0.818. The van der Waals surface area contributed by atoms with Crippen molar-refractivity contribution in [1.29, 1.82) is 0 Å². The van der Waals surface area contributed by atoms with Gasteiger partial charge in [0.2, 0.25) is 0 Å². The number of aliphatic carboxylic acids is 1. The average Bonchev–Trinajstić information content (AvgIpc) is 2.75. The highest BCUT2D eigenvalue weighted by Crippen LogP contribution is 2.58. The molecule has 0 aromatic rings. The smallest absolute Gasteiger partial charge is 0.411 e. The van der Waals surface area contributed by atoms with Crippen molar-refractivity contribution < 1.29 is 19.4 Å². The minimum Gasteiger partial charge on any atom is -0.480 e. The zero-order valence-electron chi connectivity index (χ0n) is 9.82. The first-order valence-electron chi connectivity index (χ1n) is 5.48. The molecule has 2 aliphatic rings. The van der Waals surface area contributed by atoms with Gasteiger partial charge < -0.3 is 9.84 Å². The van der Waals surface area contributed by atoms with E-state index in [1.165, 1.54) is 4.90 Å². The van der Waals surface area contributed by atoms with E-state index >= 15 is 0 Å². The first-order chi connectivity index (χ1) is 7.25. The Bertz CT molecular complexity index is 340. The lowest BCUT2D eigenvalue weighted by Gasteiger charge is -2.46. The summed E-state index contributed by atoms with van der Waals surface area (Å²) in [5, 5.41) is 9.08.